The van der Waals surface area contributed by atoms with Gasteiger partial charge in [-0.3, -0.25) is 4.98 Å². The van der Waals surface area contributed by atoms with Crippen LogP contribution in [0.15, 0.2) is 24.4 Å². The van der Waals surface area contributed by atoms with Gasteiger partial charge in [0.25, 0.3) is 0 Å². The maximum absolute atomic E-state index is 14.0. The zero-order valence-electron chi connectivity index (χ0n) is 12.4. The average Bonchev–Trinajstić information content (AvgIpc) is 2.47. The Bertz CT molecular complexity index is 696. The molecule has 116 valence electrons. The predicted molar refractivity (Wildman–Crippen MR) is 81.9 cm³/mol. The maximum Gasteiger partial charge on any atom is 0.339 e. The first-order valence-corrected chi connectivity index (χ1v) is 7.02. The minimum absolute atomic E-state index is 0.183. The highest BCUT2D eigenvalue weighted by Gasteiger charge is 2.15. The number of esters is 1. The third-order valence-corrected chi connectivity index (χ3v) is 3.35. The number of carbonyl (C=O) groups is 1. The Balaban J connectivity index is 2.44. The molecular weight excluding hydrogens is 309 g/mol. The van der Waals surface area contributed by atoms with Gasteiger partial charge in [0.1, 0.15) is 0 Å². The molecular formula is C16H15ClFNO3. The number of benzene rings is 1. The van der Waals surface area contributed by atoms with Crippen molar-refractivity contribution < 1.29 is 18.7 Å². The maximum atomic E-state index is 14.0. The van der Waals surface area contributed by atoms with E-state index in [0.29, 0.717) is 16.8 Å². The summed E-state index contributed by atoms with van der Waals surface area (Å²) in [6.07, 6.45) is 1.36. The second-order valence-corrected chi connectivity index (χ2v) is 4.99. The van der Waals surface area contributed by atoms with Crippen LogP contribution in [0.25, 0.3) is 11.3 Å². The summed E-state index contributed by atoms with van der Waals surface area (Å²) < 4.78 is 23.8. The van der Waals surface area contributed by atoms with Crippen molar-refractivity contribution in [2.45, 2.75) is 13.8 Å². The van der Waals surface area contributed by atoms with Crippen molar-refractivity contribution in [2.75, 3.05) is 13.7 Å². The summed E-state index contributed by atoms with van der Waals surface area (Å²) in [7, 11) is 1.41. The van der Waals surface area contributed by atoms with Crippen LogP contribution in [0.5, 0.6) is 5.75 Å². The van der Waals surface area contributed by atoms with Crippen molar-refractivity contribution >= 4 is 17.6 Å². The molecule has 0 aliphatic rings. The van der Waals surface area contributed by atoms with Gasteiger partial charge in [0.2, 0.25) is 0 Å². The van der Waals surface area contributed by atoms with Gasteiger partial charge in [-0.2, -0.15) is 0 Å². The second kappa shape index (κ2) is 6.75. The number of hydrogen-bond acceptors (Lipinski definition) is 4. The molecule has 1 aromatic carbocycles. The number of ether oxygens (including phenoxy) is 2. The highest BCUT2D eigenvalue weighted by molar-refractivity contribution is 6.33. The monoisotopic (exact) mass is 323 g/mol. The summed E-state index contributed by atoms with van der Waals surface area (Å²) in [5.41, 5.74) is 1.78. The number of aromatic nitrogens is 1. The zero-order chi connectivity index (χ0) is 16.3. The third kappa shape index (κ3) is 3.20. The van der Waals surface area contributed by atoms with Crippen LogP contribution in [0.3, 0.4) is 0 Å². The largest absolute Gasteiger partial charge is 0.493 e. The number of halogens is 2. The molecule has 2 rings (SSSR count). The molecule has 0 radical (unpaired) electrons. The molecule has 0 aliphatic heterocycles. The lowest BCUT2D eigenvalue weighted by atomic mass is 10.1. The van der Waals surface area contributed by atoms with Crippen molar-refractivity contribution in [3.63, 3.8) is 0 Å². The molecule has 0 aliphatic carbocycles. The first-order valence-electron chi connectivity index (χ1n) is 6.65. The molecule has 0 saturated carbocycles. The highest BCUT2D eigenvalue weighted by atomic mass is 35.5. The number of carbonyl (C=O) groups excluding carboxylic acids is 1. The van der Waals surface area contributed by atoms with E-state index >= 15 is 0 Å². The van der Waals surface area contributed by atoms with E-state index in [2.05, 4.69) is 4.98 Å². The van der Waals surface area contributed by atoms with Crippen LogP contribution in [0, 0.1) is 12.7 Å². The first-order chi connectivity index (χ1) is 10.5. The van der Waals surface area contributed by atoms with Crippen molar-refractivity contribution in [3.05, 3.63) is 46.4 Å². The van der Waals surface area contributed by atoms with Gasteiger partial charge in [-0.1, -0.05) is 11.6 Å². The van der Waals surface area contributed by atoms with Gasteiger partial charge in [-0.25, -0.2) is 9.18 Å². The normalized spacial score (nSPS) is 10.4. The van der Waals surface area contributed by atoms with Crippen molar-refractivity contribution in [2.24, 2.45) is 0 Å². The summed E-state index contributed by atoms with van der Waals surface area (Å²) in [6, 6.07) is 4.48. The Labute approximate surface area is 132 Å². The van der Waals surface area contributed by atoms with Gasteiger partial charge in [0.05, 0.1) is 30.0 Å². The second-order valence-electron chi connectivity index (χ2n) is 4.58. The Hall–Kier alpha value is -2.14. The van der Waals surface area contributed by atoms with Crippen LogP contribution in [0.1, 0.15) is 22.8 Å². The van der Waals surface area contributed by atoms with E-state index in [4.69, 9.17) is 21.1 Å². The minimum atomic E-state index is -0.499. The van der Waals surface area contributed by atoms with Crippen molar-refractivity contribution in [1.82, 2.24) is 4.98 Å². The summed E-state index contributed by atoms with van der Waals surface area (Å²) in [6.45, 7) is 3.71. The summed E-state index contributed by atoms with van der Waals surface area (Å²) in [5, 5.41) is 0.245. The fourth-order valence-electron chi connectivity index (χ4n) is 2.10. The molecule has 0 spiro atoms. The van der Waals surface area contributed by atoms with Gasteiger partial charge in [0, 0.05) is 11.8 Å². The lowest BCUT2D eigenvalue weighted by Gasteiger charge is -2.10. The molecule has 0 saturated heterocycles. The molecule has 4 nitrogen and oxygen atoms in total. The molecule has 0 atom stereocenters. The zero-order valence-corrected chi connectivity index (χ0v) is 13.2. The van der Waals surface area contributed by atoms with Crippen LogP contribution in [0.4, 0.5) is 4.39 Å². The fourth-order valence-corrected chi connectivity index (χ4v) is 2.38. The molecule has 6 heteroatoms. The molecule has 0 amide bonds. The molecule has 0 fully saturated rings. The van der Waals surface area contributed by atoms with Crippen LogP contribution < -0.4 is 4.74 Å². The minimum Gasteiger partial charge on any atom is -0.493 e. The van der Waals surface area contributed by atoms with E-state index in [9.17, 15) is 9.18 Å². The number of nitrogens with zero attached hydrogens (tertiary/aromatic N) is 1. The van der Waals surface area contributed by atoms with E-state index in [-0.39, 0.29) is 22.9 Å². The van der Waals surface area contributed by atoms with Gasteiger partial charge in [-0.05, 0) is 37.6 Å². The van der Waals surface area contributed by atoms with Gasteiger partial charge in [0.15, 0.2) is 11.6 Å². The lowest BCUT2D eigenvalue weighted by Crippen LogP contribution is -2.05. The summed E-state index contributed by atoms with van der Waals surface area (Å²) in [5.74, 6) is -0.812. The molecule has 1 heterocycles. The highest BCUT2D eigenvalue weighted by Crippen LogP contribution is 2.32. The predicted octanol–water partition coefficient (Wildman–Crippen LogP) is 4.03. The fraction of sp³-hybridized carbons (Fsp3) is 0.250. The Kier molecular flexibility index (Phi) is 4.98. The number of methoxy groups -OCH3 is 1. The van der Waals surface area contributed by atoms with Crippen LogP contribution in [0.2, 0.25) is 5.02 Å². The summed E-state index contributed by atoms with van der Waals surface area (Å²) in [4.78, 5) is 15.8. The first kappa shape index (κ1) is 16.2. The third-order valence-electron chi connectivity index (χ3n) is 3.06. The van der Waals surface area contributed by atoms with E-state index < -0.39 is 11.8 Å². The lowest BCUT2D eigenvalue weighted by molar-refractivity contribution is 0.0526. The van der Waals surface area contributed by atoms with E-state index in [1.54, 1.807) is 19.9 Å². The molecule has 0 unspecified atom stereocenters. The van der Waals surface area contributed by atoms with E-state index in [1.807, 2.05) is 0 Å². The standard InChI is InChI=1S/C16H15ClFNO3/c1-4-22-16(20)11-6-12(17)14(19-8-11)10-5-9(2)15(21-3)13(18)7-10/h5-8H,4H2,1-3H3. The quantitative estimate of drug-likeness (QED) is 0.797. The van der Waals surface area contributed by atoms with Gasteiger partial charge < -0.3 is 9.47 Å². The van der Waals surface area contributed by atoms with Crippen LogP contribution in [-0.2, 0) is 4.74 Å². The SMILES string of the molecule is CCOC(=O)c1cnc(-c2cc(C)c(OC)c(F)c2)c(Cl)c1. The van der Waals surface area contributed by atoms with Crippen molar-refractivity contribution in [1.29, 1.82) is 0 Å². The van der Waals surface area contributed by atoms with E-state index in [0.717, 1.165) is 0 Å². The molecule has 0 N–H and O–H groups in total. The number of aryl methyl sites for hydroxylation is 1. The van der Waals surface area contributed by atoms with E-state index in [1.165, 1.54) is 25.4 Å². The van der Waals surface area contributed by atoms with Gasteiger partial charge >= 0.3 is 5.97 Å². The topological polar surface area (TPSA) is 48.4 Å². The van der Waals surface area contributed by atoms with Crippen LogP contribution >= 0.6 is 11.6 Å². The summed E-state index contributed by atoms with van der Waals surface area (Å²) >= 11 is 6.16. The molecule has 22 heavy (non-hydrogen) atoms. The van der Waals surface area contributed by atoms with Crippen molar-refractivity contribution in [3.8, 4) is 17.0 Å². The Morgan fingerprint density at radius 2 is 2.09 bits per heavy atom. The smallest absolute Gasteiger partial charge is 0.339 e. The Morgan fingerprint density at radius 3 is 2.64 bits per heavy atom. The van der Waals surface area contributed by atoms with Crippen LogP contribution in [-0.4, -0.2) is 24.7 Å². The van der Waals surface area contributed by atoms with Gasteiger partial charge in [-0.15, -0.1) is 0 Å². The molecule has 0 bridgehead atoms. The number of pyridine rings is 1. The molecule has 1 aromatic heterocycles. The Morgan fingerprint density at radius 1 is 1.36 bits per heavy atom. The number of hydrogen-bond donors (Lipinski definition) is 0. The average molecular weight is 324 g/mol. The number of rotatable bonds is 4. The molecule has 2 aromatic rings.